The normalized spacial score (nSPS) is 10.5. The van der Waals surface area contributed by atoms with E-state index >= 15 is 0 Å². The number of carbonyl (C=O) groups excluding carboxylic acids is 1. The molecule has 5 heteroatoms. The molecule has 3 N–H and O–H groups in total. The molecule has 1 amide bonds. The molecule has 1 aromatic carbocycles. The van der Waals surface area contributed by atoms with Crippen molar-refractivity contribution in [2.45, 2.75) is 19.8 Å². The molecule has 0 aliphatic heterocycles. The van der Waals surface area contributed by atoms with E-state index in [0.29, 0.717) is 18.7 Å². The van der Waals surface area contributed by atoms with Crippen molar-refractivity contribution in [2.24, 2.45) is 5.73 Å². The number of benzene rings is 1. The van der Waals surface area contributed by atoms with Gasteiger partial charge in [0.25, 0.3) is 5.91 Å². The molecule has 0 saturated carbocycles. The van der Waals surface area contributed by atoms with Crippen LogP contribution in [-0.2, 0) is 12.8 Å². The zero-order valence-corrected chi connectivity index (χ0v) is 12.4. The molecule has 0 unspecified atom stereocenters. The molecular formula is C15H19N3OS. The highest BCUT2D eigenvalue weighted by Gasteiger charge is 2.05. The third-order valence-corrected chi connectivity index (χ3v) is 3.80. The third-order valence-electron chi connectivity index (χ3n) is 2.98. The van der Waals surface area contributed by atoms with Crippen LogP contribution in [0, 0.1) is 6.92 Å². The molecule has 4 nitrogen and oxygen atoms in total. The van der Waals surface area contributed by atoms with Gasteiger partial charge in [-0.05, 0) is 37.6 Å². The Balaban J connectivity index is 1.82. The summed E-state index contributed by atoms with van der Waals surface area (Å²) in [5.41, 5.74) is 8.37. The van der Waals surface area contributed by atoms with Gasteiger partial charge in [-0.15, -0.1) is 11.3 Å². The van der Waals surface area contributed by atoms with Gasteiger partial charge < -0.3 is 11.1 Å². The van der Waals surface area contributed by atoms with E-state index in [1.807, 2.05) is 36.6 Å². The molecule has 0 bridgehead atoms. The van der Waals surface area contributed by atoms with Crippen molar-refractivity contribution in [1.82, 2.24) is 10.3 Å². The quantitative estimate of drug-likeness (QED) is 0.854. The number of aromatic nitrogens is 1. The summed E-state index contributed by atoms with van der Waals surface area (Å²) in [7, 11) is 0. The Morgan fingerprint density at radius 3 is 2.65 bits per heavy atom. The van der Waals surface area contributed by atoms with E-state index in [9.17, 15) is 4.79 Å². The number of hydrogen-bond acceptors (Lipinski definition) is 4. The van der Waals surface area contributed by atoms with E-state index in [1.165, 1.54) is 0 Å². The monoisotopic (exact) mass is 289 g/mol. The maximum absolute atomic E-state index is 12.0. The number of thiazole rings is 1. The Bertz CT molecular complexity index is 563. The first-order valence-electron chi connectivity index (χ1n) is 6.67. The smallest absolute Gasteiger partial charge is 0.251 e. The fourth-order valence-corrected chi connectivity index (χ4v) is 2.57. The SMILES string of the molecule is Cc1nc(CCNC(=O)c2ccc(CCN)cc2)cs1. The number of rotatable bonds is 6. The van der Waals surface area contributed by atoms with Gasteiger partial charge in [0.15, 0.2) is 0 Å². The summed E-state index contributed by atoms with van der Waals surface area (Å²) in [5.74, 6) is -0.0451. The van der Waals surface area contributed by atoms with Crippen LogP contribution in [0.15, 0.2) is 29.6 Å². The van der Waals surface area contributed by atoms with Gasteiger partial charge in [-0.1, -0.05) is 12.1 Å². The van der Waals surface area contributed by atoms with Crippen LogP contribution in [-0.4, -0.2) is 24.0 Å². The topological polar surface area (TPSA) is 68.0 Å². The van der Waals surface area contributed by atoms with Crippen LogP contribution < -0.4 is 11.1 Å². The standard InChI is InChI=1S/C15H19N3OS/c1-11-18-14(10-20-11)7-9-17-15(19)13-4-2-12(3-5-13)6-8-16/h2-5,10H,6-9,16H2,1H3,(H,17,19). The second kappa shape index (κ2) is 7.17. The number of nitrogens with two attached hydrogens (primary N) is 1. The van der Waals surface area contributed by atoms with Gasteiger partial charge in [-0.2, -0.15) is 0 Å². The van der Waals surface area contributed by atoms with Crippen LogP contribution in [0.1, 0.15) is 26.6 Å². The summed E-state index contributed by atoms with van der Waals surface area (Å²) in [6.07, 6.45) is 1.60. The fraction of sp³-hybridized carbons (Fsp3) is 0.333. The van der Waals surface area contributed by atoms with Crippen molar-refractivity contribution in [2.75, 3.05) is 13.1 Å². The molecule has 0 aliphatic carbocycles. The second-order valence-corrected chi connectivity index (χ2v) is 5.66. The Hall–Kier alpha value is -1.72. The van der Waals surface area contributed by atoms with Crippen molar-refractivity contribution < 1.29 is 4.79 Å². The number of aryl methyl sites for hydroxylation is 1. The first kappa shape index (κ1) is 14.7. The zero-order chi connectivity index (χ0) is 14.4. The Labute approximate surface area is 123 Å². The van der Waals surface area contributed by atoms with Crippen LogP contribution in [0.3, 0.4) is 0 Å². The van der Waals surface area contributed by atoms with Gasteiger partial charge in [-0.25, -0.2) is 4.98 Å². The average molecular weight is 289 g/mol. The highest BCUT2D eigenvalue weighted by atomic mass is 32.1. The van der Waals surface area contributed by atoms with E-state index in [1.54, 1.807) is 11.3 Å². The van der Waals surface area contributed by atoms with Gasteiger partial charge >= 0.3 is 0 Å². The first-order chi connectivity index (χ1) is 9.69. The van der Waals surface area contributed by atoms with Crippen LogP contribution in [0.4, 0.5) is 0 Å². The van der Waals surface area contributed by atoms with E-state index < -0.39 is 0 Å². The van der Waals surface area contributed by atoms with Crippen molar-refractivity contribution in [3.63, 3.8) is 0 Å². The van der Waals surface area contributed by atoms with Gasteiger partial charge in [-0.3, -0.25) is 4.79 Å². The summed E-state index contributed by atoms with van der Waals surface area (Å²) >= 11 is 1.63. The Morgan fingerprint density at radius 2 is 2.05 bits per heavy atom. The van der Waals surface area contributed by atoms with Crippen molar-refractivity contribution >= 4 is 17.2 Å². The maximum atomic E-state index is 12.0. The molecule has 2 rings (SSSR count). The van der Waals surface area contributed by atoms with Crippen molar-refractivity contribution in [1.29, 1.82) is 0 Å². The highest BCUT2D eigenvalue weighted by Crippen LogP contribution is 2.08. The molecule has 106 valence electrons. The van der Waals surface area contributed by atoms with Crippen LogP contribution >= 0.6 is 11.3 Å². The number of carbonyl (C=O) groups is 1. The van der Waals surface area contributed by atoms with E-state index in [-0.39, 0.29) is 5.91 Å². The fourth-order valence-electron chi connectivity index (χ4n) is 1.92. The molecule has 2 aromatic rings. The van der Waals surface area contributed by atoms with E-state index in [4.69, 9.17) is 5.73 Å². The molecule has 1 heterocycles. The van der Waals surface area contributed by atoms with Crippen molar-refractivity contribution in [3.8, 4) is 0 Å². The van der Waals surface area contributed by atoms with Crippen LogP contribution in [0.2, 0.25) is 0 Å². The molecule has 0 saturated heterocycles. The van der Waals surface area contributed by atoms with Crippen LogP contribution in [0.5, 0.6) is 0 Å². The zero-order valence-electron chi connectivity index (χ0n) is 11.6. The predicted molar refractivity (Wildman–Crippen MR) is 82.1 cm³/mol. The minimum Gasteiger partial charge on any atom is -0.352 e. The number of amides is 1. The lowest BCUT2D eigenvalue weighted by Crippen LogP contribution is -2.25. The van der Waals surface area contributed by atoms with Crippen LogP contribution in [0.25, 0.3) is 0 Å². The average Bonchev–Trinajstić information content (AvgIpc) is 2.85. The lowest BCUT2D eigenvalue weighted by Gasteiger charge is -2.05. The van der Waals surface area contributed by atoms with Gasteiger partial charge in [0.05, 0.1) is 10.7 Å². The molecule has 1 aromatic heterocycles. The predicted octanol–water partition coefficient (Wildman–Crippen LogP) is 1.93. The molecule has 0 radical (unpaired) electrons. The Morgan fingerprint density at radius 1 is 1.30 bits per heavy atom. The molecule has 0 aliphatic rings. The summed E-state index contributed by atoms with van der Waals surface area (Å²) in [6, 6.07) is 7.58. The van der Waals surface area contributed by atoms with Crippen molar-refractivity contribution in [3.05, 3.63) is 51.5 Å². The summed E-state index contributed by atoms with van der Waals surface area (Å²) < 4.78 is 0. The third kappa shape index (κ3) is 4.15. The molecule has 0 spiro atoms. The summed E-state index contributed by atoms with van der Waals surface area (Å²) in [4.78, 5) is 16.3. The second-order valence-electron chi connectivity index (χ2n) is 4.60. The van der Waals surface area contributed by atoms with Gasteiger partial charge in [0.1, 0.15) is 0 Å². The minimum absolute atomic E-state index is 0.0451. The number of nitrogens with zero attached hydrogens (tertiary/aromatic N) is 1. The summed E-state index contributed by atoms with van der Waals surface area (Å²) in [6.45, 7) is 3.21. The highest BCUT2D eigenvalue weighted by molar-refractivity contribution is 7.09. The maximum Gasteiger partial charge on any atom is 0.251 e. The van der Waals surface area contributed by atoms with Gasteiger partial charge in [0, 0.05) is 23.9 Å². The largest absolute Gasteiger partial charge is 0.352 e. The molecule has 0 atom stereocenters. The first-order valence-corrected chi connectivity index (χ1v) is 7.55. The lowest BCUT2D eigenvalue weighted by molar-refractivity contribution is 0.0954. The van der Waals surface area contributed by atoms with Gasteiger partial charge in [0.2, 0.25) is 0 Å². The van der Waals surface area contributed by atoms with E-state index in [0.717, 1.165) is 29.1 Å². The minimum atomic E-state index is -0.0451. The number of nitrogens with one attached hydrogen (secondary N) is 1. The lowest BCUT2D eigenvalue weighted by atomic mass is 10.1. The summed E-state index contributed by atoms with van der Waals surface area (Å²) in [5, 5.41) is 6.00. The molecule has 20 heavy (non-hydrogen) atoms. The number of hydrogen-bond donors (Lipinski definition) is 2. The Kier molecular flexibility index (Phi) is 5.26. The molecular weight excluding hydrogens is 270 g/mol. The molecule has 0 fully saturated rings. The van der Waals surface area contributed by atoms with E-state index in [2.05, 4.69) is 10.3 Å².